The van der Waals surface area contributed by atoms with Crippen molar-refractivity contribution in [1.82, 2.24) is 14.7 Å². The predicted octanol–water partition coefficient (Wildman–Crippen LogP) is 2.53. The Morgan fingerprint density at radius 1 is 1.24 bits per heavy atom. The van der Waals surface area contributed by atoms with Crippen LogP contribution in [-0.4, -0.2) is 72.8 Å². The van der Waals surface area contributed by atoms with Gasteiger partial charge < -0.3 is 25.0 Å². The Labute approximate surface area is 196 Å². The highest BCUT2D eigenvalue weighted by molar-refractivity contribution is 6.13. The molecule has 3 N–H and O–H groups in total. The molecule has 9 heteroatoms. The molecule has 1 atom stereocenters. The molecule has 2 aliphatic heterocycles. The van der Waals surface area contributed by atoms with Crippen molar-refractivity contribution in [2.75, 3.05) is 51.0 Å². The van der Waals surface area contributed by atoms with Crippen LogP contribution in [0.3, 0.4) is 0 Å². The number of methoxy groups -OCH3 is 1. The quantitative estimate of drug-likeness (QED) is 0.489. The van der Waals surface area contributed by atoms with Gasteiger partial charge in [-0.25, -0.2) is 0 Å². The number of nitrogens with two attached hydrogens (primary N) is 1. The number of nitrogens with one attached hydrogen (secondary N) is 1. The average molecular weight is 457 g/mol. The zero-order valence-electron chi connectivity index (χ0n) is 19.9. The summed E-state index contributed by atoms with van der Waals surface area (Å²) >= 11 is 0. The van der Waals surface area contributed by atoms with Crippen LogP contribution in [0, 0.1) is 10.8 Å². The van der Waals surface area contributed by atoms with Crippen molar-refractivity contribution in [3.8, 4) is 5.75 Å². The molecule has 0 unspecified atom stereocenters. The van der Waals surface area contributed by atoms with Gasteiger partial charge in [0.2, 0.25) is 5.91 Å². The van der Waals surface area contributed by atoms with E-state index >= 15 is 0 Å². The van der Waals surface area contributed by atoms with Gasteiger partial charge in [-0.15, -0.1) is 0 Å². The molecule has 0 bridgehead atoms. The Morgan fingerprint density at radius 3 is 2.58 bits per heavy atom. The van der Waals surface area contributed by atoms with Crippen LogP contribution in [0.2, 0.25) is 0 Å². The van der Waals surface area contributed by atoms with Gasteiger partial charge in [0.1, 0.15) is 23.4 Å². The highest BCUT2D eigenvalue weighted by Crippen LogP contribution is 2.42. The molecule has 33 heavy (non-hydrogen) atoms. The first-order valence-corrected chi connectivity index (χ1v) is 11.4. The van der Waals surface area contributed by atoms with E-state index in [0.29, 0.717) is 29.3 Å². The smallest absolute Gasteiger partial charge is 0.228 e. The van der Waals surface area contributed by atoms with Crippen molar-refractivity contribution in [3.63, 3.8) is 0 Å². The molecule has 1 aromatic carbocycles. The number of carbonyl (C=O) groups is 1. The van der Waals surface area contributed by atoms with E-state index in [1.165, 1.54) is 0 Å². The molecule has 2 fully saturated rings. The van der Waals surface area contributed by atoms with E-state index in [0.717, 1.165) is 44.7 Å². The topological polar surface area (TPSA) is 110 Å². The van der Waals surface area contributed by atoms with Gasteiger partial charge >= 0.3 is 0 Å². The van der Waals surface area contributed by atoms with E-state index in [1.54, 1.807) is 25.3 Å². The maximum atomic E-state index is 12.6. The standard InChI is InChI=1S/C24H34N6O3.H2/c1-16(15-32-4)33-17-5-6-19(25)18(13-17)22(26)20-14-21(29(3)27-20)30-11-8-24(9-12-30)7-10-28(2)23(24)31;/h5-6,13-14,16,26H,7-12,15,25H2,1-4H3;1H/t16-;/m0./s1. The first-order valence-electron chi connectivity index (χ1n) is 11.4. The van der Waals surface area contributed by atoms with E-state index in [4.69, 9.17) is 20.6 Å². The van der Waals surface area contributed by atoms with Crippen molar-refractivity contribution in [3.05, 3.63) is 35.5 Å². The van der Waals surface area contributed by atoms with E-state index in [1.807, 2.05) is 36.7 Å². The number of carbonyl (C=O) groups excluding carboxylic acids is 1. The number of benzene rings is 1. The zero-order valence-corrected chi connectivity index (χ0v) is 19.9. The Kier molecular flexibility index (Phi) is 6.34. The van der Waals surface area contributed by atoms with Gasteiger partial charge in [-0.1, -0.05) is 0 Å². The lowest BCUT2D eigenvalue weighted by atomic mass is 9.77. The molecule has 2 aliphatic rings. The summed E-state index contributed by atoms with van der Waals surface area (Å²) in [5.74, 6) is 1.87. The fourth-order valence-electron chi connectivity index (χ4n) is 4.96. The first kappa shape index (κ1) is 23.1. The van der Waals surface area contributed by atoms with Crippen LogP contribution < -0.4 is 15.4 Å². The van der Waals surface area contributed by atoms with Crippen LogP contribution in [0.4, 0.5) is 11.5 Å². The van der Waals surface area contributed by atoms with Gasteiger partial charge in [0.05, 0.1) is 17.7 Å². The number of hydrogen-bond donors (Lipinski definition) is 2. The van der Waals surface area contributed by atoms with E-state index in [9.17, 15) is 4.79 Å². The summed E-state index contributed by atoms with van der Waals surface area (Å²) in [5.41, 5.74) is 7.88. The van der Waals surface area contributed by atoms with Crippen LogP contribution in [0.1, 0.15) is 38.9 Å². The van der Waals surface area contributed by atoms with Crippen LogP contribution in [0.15, 0.2) is 24.3 Å². The summed E-state index contributed by atoms with van der Waals surface area (Å²) in [4.78, 5) is 16.8. The number of nitrogens with zero attached hydrogens (tertiary/aromatic N) is 4. The minimum absolute atomic E-state index is 0. The minimum Gasteiger partial charge on any atom is -0.488 e. The Hall–Kier alpha value is -3.07. The number of amides is 1. The fourth-order valence-corrected chi connectivity index (χ4v) is 4.96. The summed E-state index contributed by atoms with van der Waals surface area (Å²) in [6, 6.07) is 7.27. The summed E-state index contributed by atoms with van der Waals surface area (Å²) < 4.78 is 12.8. The third-order valence-electron chi connectivity index (χ3n) is 6.91. The molecular weight excluding hydrogens is 420 g/mol. The van der Waals surface area contributed by atoms with Crippen molar-refractivity contribution >= 4 is 23.1 Å². The van der Waals surface area contributed by atoms with E-state index in [-0.39, 0.29) is 24.6 Å². The molecule has 0 radical (unpaired) electrons. The molecule has 1 spiro atoms. The fraction of sp³-hybridized carbons (Fsp3) is 0.542. The van der Waals surface area contributed by atoms with Gasteiger partial charge in [-0.3, -0.25) is 14.9 Å². The van der Waals surface area contributed by atoms with Gasteiger partial charge in [-0.05, 0) is 44.4 Å². The maximum absolute atomic E-state index is 12.6. The molecule has 2 aromatic rings. The van der Waals surface area contributed by atoms with Crippen molar-refractivity contribution in [2.45, 2.75) is 32.3 Å². The van der Waals surface area contributed by atoms with Crippen molar-refractivity contribution < 1.29 is 15.7 Å². The first-order chi connectivity index (χ1) is 15.7. The lowest BCUT2D eigenvalue weighted by Gasteiger charge is -2.38. The molecule has 3 heterocycles. The van der Waals surface area contributed by atoms with Crippen molar-refractivity contribution in [2.24, 2.45) is 12.5 Å². The number of rotatable bonds is 7. The van der Waals surface area contributed by atoms with Crippen LogP contribution in [0.5, 0.6) is 5.75 Å². The number of nitrogen functional groups attached to an aromatic ring is 1. The Morgan fingerprint density at radius 2 is 1.94 bits per heavy atom. The van der Waals surface area contributed by atoms with Crippen LogP contribution in [0.25, 0.3) is 0 Å². The number of aryl methyl sites for hydroxylation is 1. The summed E-state index contributed by atoms with van der Waals surface area (Å²) in [7, 11) is 5.42. The SMILES string of the molecule is COC[C@H](C)Oc1ccc(N)c(C(=N)c2cc(N3CCC4(CCN(C)C4=O)CC3)n(C)n2)c1.[HH]. The Bertz CT molecular complexity index is 1050. The molecule has 1 amide bonds. The Balaban J connectivity index is 0.00000324. The third kappa shape index (κ3) is 4.42. The molecule has 0 aliphatic carbocycles. The zero-order chi connectivity index (χ0) is 23.8. The maximum Gasteiger partial charge on any atom is 0.228 e. The molecule has 1 aromatic heterocycles. The summed E-state index contributed by atoms with van der Waals surface area (Å²) in [6.07, 6.45) is 2.52. The number of hydrogen-bond acceptors (Lipinski definition) is 7. The lowest BCUT2D eigenvalue weighted by molar-refractivity contribution is -0.135. The monoisotopic (exact) mass is 456 g/mol. The molecule has 9 nitrogen and oxygen atoms in total. The molecule has 4 rings (SSSR count). The second-order valence-electron chi connectivity index (χ2n) is 9.26. The highest BCUT2D eigenvalue weighted by atomic mass is 16.5. The second-order valence-corrected chi connectivity index (χ2v) is 9.26. The number of likely N-dealkylation sites (tertiary alicyclic amines) is 1. The van der Waals surface area contributed by atoms with E-state index in [2.05, 4.69) is 10.00 Å². The molecular formula is C24H36N6O3. The number of aromatic nitrogens is 2. The van der Waals surface area contributed by atoms with Gasteiger partial charge in [0.15, 0.2) is 0 Å². The van der Waals surface area contributed by atoms with Crippen LogP contribution >= 0.6 is 0 Å². The van der Waals surface area contributed by atoms with Crippen LogP contribution in [-0.2, 0) is 16.6 Å². The normalized spacial score (nSPS) is 18.7. The second kappa shape index (κ2) is 9.05. The lowest BCUT2D eigenvalue weighted by Crippen LogP contribution is -2.44. The minimum atomic E-state index is -0.200. The molecule has 180 valence electrons. The number of anilines is 2. The number of piperidine rings is 1. The third-order valence-corrected chi connectivity index (χ3v) is 6.91. The van der Waals surface area contributed by atoms with Gasteiger partial charge in [0.25, 0.3) is 0 Å². The number of ether oxygens (including phenoxy) is 2. The summed E-state index contributed by atoms with van der Waals surface area (Å²) in [6.45, 7) is 4.85. The summed E-state index contributed by atoms with van der Waals surface area (Å²) in [5, 5.41) is 13.4. The van der Waals surface area contributed by atoms with Gasteiger partial charge in [-0.2, -0.15) is 5.10 Å². The van der Waals surface area contributed by atoms with Crippen molar-refractivity contribution in [1.29, 1.82) is 5.41 Å². The average Bonchev–Trinajstić information content (AvgIpc) is 3.31. The highest BCUT2D eigenvalue weighted by Gasteiger charge is 2.47. The largest absolute Gasteiger partial charge is 0.488 e. The molecule has 2 saturated heterocycles. The predicted molar refractivity (Wildman–Crippen MR) is 130 cm³/mol. The molecule has 0 saturated carbocycles. The van der Waals surface area contributed by atoms with E-state index < -0.39 is 0 Å². The van der Waals surface area contributed by atoms with Gasteiger partial charge in [0, 0.05) is 59.6 Å².